The molecule has 6 heterocycles. The van der Waals surface area contributed by atoms with Crippen LogP contribution >= 0.6 is 0 Å². The molecule has 4 N–H and O–H groups in total. The van der Waals surface area contributed by atoms with E-state index in [4.69, 9.17) is 52.5 Å². The summed E-state index contributed by atoms with van der Waals surface area (Å²) >= 11 is 0. The molecule has 1 aromatic carbocycles. The van der Waals surface area contributed by atoms with Crippen molar-refractivity contribution >= 4 is 11.9 Å². The number of likely N-dealkylation sites (N-methyl/N-ethyl adjacent to an activating group) is 1. The van der Waals surface area contributed by atoms with Crippen molar-refractivity contribution in [1.29, 1.82) is 0 Å². The standard InChI is InChI=1S/C48H73NO13.C7H6O2/c1-25(2)42-28(5)17-18-47(62-42)23-34-20-33(61-47)16-15-27(4)43(26(3)13-12-14-32-24-55-45-41(50)29(6)19-35(46(51)58-34)48(32,45)52)59-39-22-37(54-11)44(31(8)57-39)60-38-21-36(53-10)40(49-9)30(7)56-38;8-7(9)6-4-2-1-3-5-6/h12-15,17-19,25-26,28,30-31,33-45,49-50,52H,16,20-24H2,1-11H3;1-5H,(H,8,9)/b13-12+,27-15+,32-14+;. The number of aliphatic hydroxyl groups excluding tert-OH is 1. The first kappa shape index (κ1) is 55.1. The van der Waals surface area contributed by atoms with E-state index < -0.39 is 72.3 Å². The van der Waals surface area contributed by atoms with Crippen LogP contribution in [0.2, 0.25) is 0 Å². The minimum Gasteiger partial charge on any atom is -0.478 e. The number of methoxy groups -OCH3 is 2. The van der Waals surface area contributed by atoms with E-state index in [0.29, 0.717) is 48.8 Å². The van der Waals surface area contributed by atoms with Gasteiger partial charge in [0.05, 0.1) is 60.9 Å². The van der Waals surface area contributed by atoms with Gasteiger partial charge >= 0.3 is 11.9 Å². The fraction of sp³-hybridized carbons (Fsp3) is 0.673. The number of hydrogen-bond acceptors (Lipinski definition) is 15. The van der Waals surface area contributed by atoms with Crippen LogP contribution in [0.15, 0.2) is 89.6 Å². The molecule has 394 valence electrons. The van der Waals surface area contributed by atoms with Crippen LogP contribution in [0, 0.1) is 23.7 Å². The highest BCUT2D eigenvalue weighted by Crippen LogP contribution is 2.47. The molecule has 8 rings (SSSR count). The van der Waals surface area contributed by atoms with Crippen molar-refractivity contribution in [2.75, 3.05) is 27.9 Å². The summed E-state index contributed by atoms with van der Waals surface area (Å²) in [5.74, 6) is -3.44. The maximum atomic E-state index is 14.3. The van der Waals surface area contributed by atoms with Crippen molar-refractivity contribution < 1.29 is 72.3 Å². The number of carbonyl (C=O) groups excluding carboxylic acids is 1. The van der Waals surface area contributed by atoms with Crippen LogP contribution in [0.25, 0.3) is 0 Å². The summed E-state index contributed by atoms with van der Waals surface area (Å²) in [6.07, 6.45) is 9.72. The lowest BCUT2D eigenvalue weighted by Crippen LogP contribution is -2.58. The second kappa shape index (κ2) is 23.7. The molecule has 19 atom stereocenters. The number of carboxylic acids is 1. The molecule has 0 radical (unpaired) electrons. The Balaban J connectivity index is 0.000000741. The van der Waals surface area contributed by atoms with Crippen LogP contribution in [0.4, 0.5) is 0 Å². The molecule has 71 heavy (non-hydrogen) atoms. The number of hydrogen-bond donors (Lipinski definition) is 4. The minimum absolute atomic E-state index is 0.0407. The lowest BCUT2D eigenvalue weighted by Gasteiger charge is -2.48. The van der Waals surface area contributed by atoms with E-state index in [2.05, 4.69) is 52.1 Å². The Morgan fingerprint density at radius 1 is 0.873 bits per heavy atom. The van der Waals surface area contributed by atoms with Crippen LogP contribution in [0.3, 0.4) is 0 Å². The zero-order valence-corrected chi connectivity index (χ0v) is 43.3. The number of benzene rings is 1. The maximum Gasteiger partial charge on any atom is 0.335 e. The molecule has 0 amide bonds. The largest absolute Gasteiger partial charge is 0.478 e. The number of ether oxygens (including phenoxy) is 10. The van der Waals surface area contributed by atoms with Gasteiger partial charge in [0.1, 0.15) is 35.9 Å². The third-order valence-electron chi connectivity index (χ3n) is 15.4. The Hall–Kier alpha value is -3.62. The Labute approximate surface area is 419 Å². The molecule has 4 saturated heterocycles. The van der Waals surface area contributed by atoms with Gasteiger partial charge < -0.3 is 68.0 Å². The summed E-state index contributed by atoms with van der Waals surface area (Å²) < 4.78 is 64.3. The van der Waals surface area contributed by atoms with Crippen molar-refractivity contribution in [2.45, 2.75) is 185 Å². The summed E-state index contributed by atoms with van der Waals surface area (Å²) in [6, 6.07) is 8.34. The number of carboxylic acid groups (broad SMARTS) is 1. The number of esters is 1. The zero-order chi connectivity index (χ0) is 51.4. The normalized spacial score (nSPS) is 43.7. The van der Waals surface area contributed by atoms with Crippen LogP contribution < -0.4 is 5.32 Å². The maximum absolute atomic E-state index is 14.3. The average molecular weight is 994 g/mol. The van der Waals surface area contributed by atoms with E-state index >= 15 is 0 Å². The second-order valence-corrected chi connectivity index (χ2v) is 20.8. The predicted molar refractivity (Wildman–Crippen MR) is 263 cm³/mol. The van der Waals surface area contributed by atoms with Gasteiger partial charge in [-0.15, -0.1) is 0 Å². The smallest absolute Gasteiger partial charge is 0.335 e. The Kier molecular flexibility index (Phi) is 18.4. The van der Waals surface area contributed by atoms with Gasteiger partial charge in [0, 0.05) is 51.7 Å². The molecule has 1 aliphatic carbocycles. The van der Waals surface area contributed by atoms with Gasteiger partial charge in [-0.1, -0.05) is 82.4 Å². The van der Waals surface area contributed by atoms with E-state index in [1.165, 1.54) is 0 Å². The van der Waals surface area contributed by atoms with Gasteiger partial charge in [-0.3, -0.25) is 4.79 Å². The van der Waals surface area contributed by atoms with Crippen molar-refractivity contribution in [1.82, 2.24) is 5.32 Å². The lowest BCUT2D eigenvalue weighted by atomic mass is 9.71. The molecule has 2 bridgehead atoms. The molecule has 19 unspecified atom stereocenters. The Morgan fingerprint density at radius 2 is 1.56 bits per heavy atom. The first-order chi connectivity index (χ1) is 33.8. The number of rotatable bonds is 9. The number of aliphatic hydroxyl groups is 2. The van der Waals surface area contributed by atoms with E-state index in [1.807, 2.05) is 39.1 Å². The topological polar surface area (TPSA) is 199 Å². The number of fused-ring (bicyclic) bond motifs is 2. The molecule has 16 nitrogen and oxygen atoms in total. The lowest BCUT2D eigenvalue weighted by molar-refractivity contribution is -0.312. The van der Waals surface area contributed by atoms with Gasteiger partial charge in [0.15, 0.2) is 18.4 Å². The molecule has 0 aromatic heterocycles. The van der Waals surface area contributed by atoms with Crippen molar-refractivity contribution in [3.8, 4) is 0 Å². The summed E-state index contributed by atoms with van der Waals surface area (Å²) in [4.78, 5) is 24.5. The quantitative estimate of drug-likeness (QED) is 0.152. The first-order valence-electron chi connectivity index (χ1n) is 25.4. The van der Waals surface area contributed by atoms with Gasteiger partial charge in [-0.2, -0.15) is 0 Å². The van der Waals surface area contributed by atoms with E-state index in [-0.39, 0.29) is 67.0 Å². The predicted octanol–water partition coefficient (Wildman–Crippen LogP) is 6.60. The monoisotopic (exact) mass is 994 g/mol. The fourth-order valence-corrected chi connectivity index (χ4v) is 11.5. The van der Waals surface area contributed by atoms with E-state index in [9.17, 15) is 19.8 Å². The van der Waals surface area contributed by atoms with Gasteiger partial charge in [-0.05, 0) is 82.0 Å². The molecule has 7 aliphatic rings. The average Bonchev–Trinajstić information content (AvgIpc) is 3.68. The highest BCUT2D eigenvalue weighted by Gasteiger charge is 2.60. The third-order valence-corrected chi connectivity index (χ3v) is 15.4. The van der Waals surface area contributed by atoms with E-state index in [1.54, 1.807) is 63.6 Å². The highest BCUT2D eigenvalue weighted by molar-refractivity contribution is 5.87. The second-order valence-electron chi connectivity index (χ2n) is 20.8. The van der Waals surface area contributed by atoms with Crippen LogP contribution in [-0.2, 0) is 52.2 Å². The molecule has 1 aromatic rings. The van der Waals surface area contributed by atoms with E-state index in [0.717, 1.165) is 5.57 Å². The number of aromatic carboxylic acids is 1. The third kappa shape index (κ3) is 12.3. The van der Waals surface area contributed by atoms with Gasteiger partial charge in [-0.25, -0.2) is 4.79 Å². The van der Waals surface area contributed by atoms with Gasteiger partial charge in [0.2, 0.25) is 0 Å². The molecule has 6 aliphatic heterocycles. The van der Waals surface area contributed by atoms with Crippen molar-refractivity contribution in [3.05, 3.63) is 95.1 Å². The first-order valence-corrected chi connectivity index (χ1v) is 25.4. The zero-order valence-electron chi connectivity index (χ0n) is 43.3. The summed E-state index contributed by atoms with van der Waals surface area (Å²) in [5, 5.41) is 35.4. The Morgan fingerprint density at radius 3 is 2.23 bits per heavy atom. The summed E-state index contributed by atoms with van der Waals surface area (Å²) in [6.45, 7) is 16.3. The summed E-state index contributed by atoms with van der Waals surface area (Å²) in [5.41, 5.74) is 0.507. The highest BCUT2D eigenvalue weighted by atomic mass is 16.7. The van der Waals surface area contributed by atoms with Crippen LogP contribution in [-0.4, -0.2) is 152 Å². The van der Waals surface area contributed by atoms with Crippen molar-refractivity contribution in [3.63, 3.8) is 0 Å². The number of allylic oxidation sites excluding steroid dienone is 2. The summed E-state index contributed by atoms with van der Waals surface area (Å²) in [7, 11) is 5.30. The number of carbonyl (C=O) groups is 2. The molecule has 16 heteroatoms. The van der Waals surface area contributed by atoms with Gasteiger partial charge in [0.25, 0.3) is 0 Å². The van der Waals surface area contributed by atoms with Crippen LogP contribution in [0.5, 0.6) is 0 Å². The molecule has 1 spiro atoms. The minimum atomic E-state index is -1.83. The van der Waals surface area contributed by atoms with Crippen LogP contribution in [0.1, 0.15) is 97.9 Å². The number of nitrogens with one attached hydrogen (secondary N) is 1. The molecule has 0 saturated carbocycles. The van der Waals surface area contributed by atoms with Crippen molar-refractivity contribution in [2.24, 2.45) is 23.7 Å². The SMILES string of the molecule is CNC1C(C)OC(OC2C(C)OC(OC3/C(C)=C/CC4CC(CC5(C=CC(C)C(C(C)C)O5)O4)OC(=O)C4C=C(C)C(O)C5OC/C(=C\C=C\C3C)C45O)CC2OC)CC1OC.O=C(O)c1ccccc1. The molecule has 4 fully saturated rings. The molecular formula is C55H79NO15. The Bertz CT molecular complexity index is 2130. The fourth-order valence-electron chi connectivity index (χ4n) is 11.5. The molecular weight excluding hydrogens is 915 g/mol.